The third-order valence-corrected chi connectivity index (χ3v) is 6.50. The van der Waals surface area contributed by atoms with Crippen molar-refractivity contribution in [3.63, 3.8) is 0 Å². The molecule has 9 nitrogen and oxygen atoms in total. The van der Waals surface area contributed by atoms with Crippen molar-refractivity contribution in [1.29, 1.82) is 0 Å². The summed E-state index contributed by atoms with van der Waals surface area (Å²) in [6, 6.07) is 3.84. The number of nitrogens with one attached hydrogen (secondary N) is 2. The average Bonchev–Trinajstić information content (AvgIpc) is 3.51. The van der Waals surface area contributed by atoms with Crippen molar-refractivity contribution in [3.05, 3.63) is 47.4 Å². The first-order valence-electron chi connectivity index (χ1n) is 10.5. The first kappa shape index (κ1) is 20.5. The highest BCUT2D eigenvalue weighted by Crippen LogP contribution is 2.41. The van der Waals surface area contributed by atoms with Gasteiger partial charge in [0.2, 0.25) is 5.91 Å². The minimum absolute atomic E-state index is 0.115. The van der Waals surface area contributed by atoms with Crippen molar-refractivity contribution in [1.82, 2.24) is 30.0 Å². The number of rotatable bonds is 8. The lowest BCUT2D eigenvalue weighted by Gasteiger charge is -2.09. The van der Waals surface area contributed by atoms with E-state index in [2.05, 4.69) is 20.7 Å². The van der Waals surface area contributed by atoms with E-state index in [-0.39, 0.29) is 12.5 Å². The smallest absolute Gasteiger partial charge is 0.241 e. The van der Waals surface area contributed by atoms with Crippen LogP contribution in [0.5, 0.6) is 0 Å². The molecule has 0 spiro atoms. The van der Waals surface area contributed by atoms with Crippen molar-refractivity contribution >= 4 is 39.0 Å². The molecular weight excluding hydrogens is 426 g/mol. The topological polar surface area (TPSA) is 107 Å². The molecule has 4 heterocycles. The Morgan fingerprint density at radius 3 is 3.06 bits per heavy atom. The van der Waals surface area contributed by atoms with Crippen LogP contribution in [0.15, 0.2) is 36.9 Å². The van der Waals surface area contributed by atoms with Crippen LogP contribution in [-0.2, 0) is 28.9 Å². The molecule has 2 N–H and O–H groups in total. The molecule has 4 aromatic heterocycles. The highest BCUT2D eigenvalue weighted by atomic mass is 32.1. The lowest BCUT2D eigenvalue weighted by atomic mass is 10.2. The van der Waals surface area contributed by atoms with Crippen LogP contribution in [0.4, 0.5) is 11.5 Å². The van der Waals surface area contributed by atoms with Crippen LogP contribution in [0.2, 0.25) is 0 Å². The summed E-state index contributed by atoms with van der Waals surface area (Å²) in [5, 5.41) is 11.6. The molecule has 0 saturated carbocycles. The zero-order chi connectivity index (χ0) is 21.9. The van der Waals surface area contributed by atoms with E-state index in [1.54, 1.807) is 47.9 Å². The number of ether oxygens (including phenoxy) is 1. The maximum absolute atomic E-state index is 12.1. The number of fused-ring (bicyclic) bond motifs is 3. The molecular formula is C22H23N7O2S. The Morgan fingerprint density at radius 2 is 2.22 bits per heavy atom. The van der Waals surface area contributed by atoms with Crippen LogP contribution in [0.3, 0.4) is 0 Å². The monoisotopic (exact) mass is 449 g/mol. The number of amides is 1. The fraction of sp³-hybridized carbons (Fsp3) is 0.318. The van der Waals surface area contributed by atoms with Gasteiger partial charge in [0.05, 0.1) is 23.9 Å². The number of aromatic nitrogens is 5. The van der Waals surface area contributed by atoms with E-state index in [1.165, 1.54) is 10.4 Å². The zero-order valence-corrected chi connectivity index (χ0v) is 18.5. The number of hydrogen-bond donors (Lipinski definition) is 2. The number of hydrogen-bond acceptors (Lipinski definition) is 8. The second kappa shape index (κ2) is 9.01. The van der Waals surface area contributed by atoms with Crippen molar-refractivity contribution in [2.75, 3.05) is 25.6 Å². The molecule has 1 amide bonds. The largest absolute Gasteiger partial charge is 0.383 e. The molecule has 164 valence electrons. The van der Waals surface area contributed by atoms with Gasteiger partial charge in [-0.05, 0) is 37.0 Å². The summed E-state index contributed by atoms with van der Waals surface area (Å²) in [5.41, 5.74) is 2.98. The van der Waals surface area contributed by atoms with Crippen LogP contribution in [0.25, 0.3) is 21.6 Å². The molecule has 0 aliphatic heterocycles. The molecule has 1 aliphatic rings. The summed E-state index contributed by atoms with van der Waals surface area (Å²) < 4.78 is 6.55. The minimum atomic E-state index is -0.115. The molecule has 0 radical (unpaired) electrons. The molecule has 0 fully saturated rings. The number of nitrogens with zero attached hydrogens (tertiary/aromatic N) is 5. The summed E-state index contributed by atoms with van der Waals surface area (Å²) in [5.74, 6) is 1.28. The van der Waals surface area contributed by atoms with Crippen LogP contribution < -0.4 is 10.6 Å². The minimum Gasteiger partial charge on any atom is -0.383 e. The molecule has 0 unspecified atom stereocenters. The van der Waals surface area contributed by atoms with Crippen molar-refractivity contribution in [2.24, 2.45) is 0 Å². The highest BCUT2D eigenvalue weighted by molar-refractivity contribution is 7.19. The normalized spacial score (nSPS) is 12.8. The fourth-order valence-electron chi connectivity index (χ4n) is 3.86. The molecule has 1 aliphatic carbocycles. The Balaban J connectivity index is 1.44. The number of thiophene rings is 1. The average molecular weight is 450 g/mol. The quantitative estimate of drug-likeness (QED) is 0.398. The Kier molecular flexibility index (Phi) is 5.78. The molecule has 10 heteroatoms. The van der Waals surface area contributed by atoms with Crippen LogP contribution in [0, 0.1) is 0 Å². The van der Waals surface area contributed by atoms with E-state index in [0.29, 0.717) is 19.0 Å². The first-order valence-corrected chi connectivity index (χ1v) is 11.3. The Hall–Kier alpha value is -3.37. The fourth-order valence-corrected chi connectivity index (χ4v) is 5.12. The molecule has 5 rings (SSSR count). The SMILES string of the molecule is COCCNC(=O)Cn1cc(Nc2nc(-c3cccnc3)nc3sc4c(c23)CCC4)cn1. The third kappa shape index (κ3) is 4.19. The van der Waals surface area contributed by atoms with Crippen molar-refractivity contribution < 1.29 is 9.53 Å². The molecule has 32 heavy (non-hydrogen) atoms. The number of carbonyl (C=O) groups is 1. The lowest BCUT2D eigenvalue weighted by molar-refractivity contribution is -0.122. The summed E-state index contributed by atoms with van der Waals surface area (Å²) in [6.07, 6.45) is 10.3. The van der Waals surface area contributed by atoms with Gasteiger partial charge in [0, 0.05) is 42.7 Å². The second-order valence-electron chi connectivity index (χ2n) is 7.57. The Morgan fingerprint density at radius 1 is 1.28 bits per heavy atom. The summed E-state index contributed by atoms with van der Waals surface area (Å²) in [6.45, 7) is 1.09. The predicted octanol–water partition coefficient (Wildman–Crippen LogP) is 2.94. The summed E-state index contributed by atoms with van der Waals surface area (Å²) in [4.78, 5) is 28.3. The first-order chi connectivity index (χ1) is 15.7. The van der Waals surface area contributed by atoms with Gasteiger partial charge in [-0.1, -0.05) is 0 Å². The van der Waals surface area contributed by atoms with Gasteiger partial charge < -0.3 is 15.4 Å². The van der Waals surface area contributed by atoms with Crippen LogP contribution in [-0.4, -0.2) is 50.9 Å². The van der Waals surface area contributed by atoms with Crippen molar-refractivity contribution in [2.45, 2.75) is 25.8 Å². The van der Waals surface area contributed by atoms with Crippen LogP contribution in [0.1, 0.15) is 16.9 Å². The second-order valence-corrected chi connectivity index (χ2v) is 8.65. The predicted molar refractivity (Wildman–Crippen MR) is 123 cm³/mol. The van der Waals surface area contributed by atoms with E-state index < -0.39 is 0 Å². The molecule has 0 saturated heterocycles. The highest BCUT2D eigenvalue weighted by Gasteiger charge is 2.23. The van der Waals surface area contributed by atoms with Crippen LogP contribution >= 0.6 is 11.3 Å². The lowest BCUT2D eigenvalue weighted by Crippen LogP contribution is -2.30. The number of aryl methyl sites for hydroxylation is 2. The van der Waals surface area contributed by atoms with Gasteiger partial charge >= 0.3 is 0 Å². The standard InChI is InChI=1S/C22H23N7O2S/c1-31-9-8-24-18(30)13-29-12-15(11-25-29)26-21-19-16-5-2-6-17(16)32-22(19)28-20(27-21)14-4-3-7-23-10-14/h3-4,7,10-12H,2,5-6,8-9,13H2,1H3,(H,24,30)(H,26,27,28). The van der Waals surface area contributed by atoms with Gasteiger partial charge in [-0.25, -0.2) is 9.97 Å². The van der Waals surface area contributed by atoms with Gasteiger partial charge in [0.25, 0.3) is 0 Å². The maximum Gasteiger partial charge on any atom is 0.241 e. The molecule has 0 aromatic carbocycles. The molecule has 4 aromatic rings. The number of methoxy groups -OCH3 is 1. The number of pyridine rings is 1. The van der Waals surface area contributed by atoms with E-state index in [4.69, 9.17) is 14.7 Å². The molecule has 0 atom stereocenters. The van der Waals surface area contributed by atoms with E-state index in [9.17, 15) is 4.79 Å². The maximum atomic E-state index is 12.1. The van der Waals surface area contributed by atoms with Gasteiger partial charge in [-0.15, -0.1) is 11.3 Å². The van der Waals surface area contributed by atoms with E-state index >= 15 is 0 Å². The number of anilines is 2. The third-order valence-electron chi connectivity index (χ3n) is 5.31. The van der Waals surface area contributed by atoms with E-state index in [1.807, 2.05) is 12.1 Å². The Labute approximate surface area is 188 Å². The summed E-state index contributed by atoms with van der Waals surface area (Å²) in [7, 11) is 1.60. The van der Waals surface area contributed by atoms with E-state index in [0.717, 1.165) is 46.5 Å². The molecule has 0 bridgehead atoms. The van der Waals surface area contributed by atoms with Gasteiger partial charge in [-0.2, -0.15) is 5.10 Å². The Bertz CT molecular complexity index is 1250. The van der Waals surface area contributed by atoms with Crippen molar-refractivity contribution in [3.8, 4) is 11.4 Å². The van der Waals surface area contributed by atoms with Gasteiger partial charge in [0.15, 0.2) is 5.82 Å². The summed E-state index contributed by atoms with van der Waals surface area (Å²) >= 11 is 1.75. The van der Waals surface area contributed by atoms with Gasteiger partial charge in [-0.3, -0.25) is 14.5 Å². The zero-order valence-electron chi connectivity index (χ0n) is 17.7. The number of carbonyl (C=O) groups excluding carboxylic acids is 1. The van der Waals surface area contributed by atoms with Gasteiger partial charge in [0.1, 0.15) is 17.2 Å².